The van der Waals surface area contributed by atoms with Crippen LogP contribution in [0.3, 0.4) is 0 Å². The summed E-state index contributed by atoms with van der Waals surface area (Å²) in [5.74, 6) is 0. The summed E-state index contributed by atoms with van der Waals surface area (Å²) in [5.41, 5.74) is 1.19. The third-order valence-corrected chi connectivity index (χ3v) is 12.7. The minimum atomic E-state index is -0.541. The second kappa shape index (κ2) is 36.4. The number of unbranched alkanes of at least 4 members (excludes halogenated alkanes) is 30. The maximum absolute atomic E-state index is 10.5. The zero-order valence-corrected chi connectivity index (χ0v) is 36.4. The van der Waals surface area contributed by atoms with Crippen molar-refractivity contribution in [2.45, 2.75) is 245 Å². The van der Waals surface area contributed by atoms with E-state index in [0.717, 1.165) is 49.7 Å². The number of hydrogen-bond acceptors (Lipinski definition) is 4. The van der Waals surface area contributed by atoms with E-state index in [0.29, 0.717) is 12.8 Å². The molecule has 0 aliphatic heterocycles. The number of hydrogen-bond donors (Lipinski definition) is 4. The summed E-state index contributed by atoms with van der Waals surface area (Å²) in [7, 11) is 0. The smallest absolute Gasteiger partial charge is 0.0512 e. The van der Waals surface area contributed by atoms with Crippen molar-refractivity contribution in [2.75, 3.05) is 26.4 Å². The normalized spacial score (nSPS) is 12.3. The molecule has 0 unspecified atom stereocenters. The average molecular weight is 759 g/mol. The van der Waals surface area contributed by atoms with Gasteiger partial charge < -0.3 is 20.4 Å². The van der Waals surface area contributed by atoms with Crippen LogP contribution in [-0.4, -0.2) is 46.9 Å². The number of aliphatic hydroxyl groups is 4. The predicted octanol–water partition coefficient (Wildman–Crippen LogP) is 14.0. The van der Waals surface area contributed by atoms with Crippen LogP contribution in [0.2, 0.25) is 0 Å². The molecule has 0 aliphatic rings. The highest BCUT2D eigenvalue weighted by Crippen LogP contribution is 2.35. The maximum atomic E-state index is 10.5. The highest BCUT2D eigenvalue weighted by atomic mass is 16.3. The first-order valence-corrected chi connectivity index (χ1v) is 24.0. The summed E-state index contributed by atoms with van der Waals surface area (Å²) in [4.78, 5) is 0. The van der Waals surface area contributed by atoms with Crippen molar-refractivity contribution in [1.29, 1.82) is 0 Å². The lowest BCUT2D eigenvalue weighted by atomic mass is 9.74. The van der Waals surface area contributed by atoms with E-state index in [9.17, 15) is 20.4 Å². The molecule has 0 spiro atoms. The highest BCUT2D eigenvalue weighted by Gasteiger charge is 2.33. The molecule has 0 aliphatic carbocycles. The summed E-state index contributed by atoms with van der Waals surface area (Å²) >= 11 is 0. The van der Waals surface area contributed by atoms with E-state index in [1.807, 2.05) is 12.1 Å². The first-order valence-electron chi connectivity index (χ1n) is 24.0. The third-order valence-electron chi connectivity index (χ3n) is 12.7. The summed E-state index contributed by atoms with van der Waals surface area (Å²) < 4.78 is 0. The van der Waals surface area contributed by atoms with Gasteiger partial charge >= 0.3 is 0 Å². The van der Waals surface area contributed by atoms with Gasteiger partial charge in [0, 0.05) is 10.8 Å². The quantitative estimate of drug-likeness (QED) is 0.0501. The van der Waals surface area contributed by atoms with E-state index >= 15 is 0 Å². The fourth-order valence-corrected chi connectivity index (χ4v) is 8.62. The summed E-state index contributed by atoms with van der Waals surface area (Å²) in [5, 5.41) is 42.2. The first-order chi connectivity index (χ1) is 26.5. The zero-order chi connectivity index (χ0) is 39.3. The van der Waals surface area contributed by atoms with Gasteiger partial charge in [-0.3, -0.25) is 0 Å². The van der Waals surface area contributed by atoms with E-state index in [1.54, 1.807) is 0 Å². The molecular formula is C50H94O4. The summed E-state index contributed by atoms with van der Waals surface area (Å²) in [6.07, 6.45) is 45.7. The zero-order valence-electron chi connectivity index (χ0n) is 36.4. The molecule has 0 amide bonds. The molecule has 54 heavy (non-hydrogen) atoms. The maximum Gasteiger partial charge on any atom is 0.0512 e. The van der Waals surface area contributed by atoms with Gasteiger partial charge in [0.05, 0.1) is 26.4 Å². The Bertz CT molecular complexity index is 835. The summed E-state index contributed by atoms with van der Waals surface area (Å²) in [6, 6.07) is 8.33. The average Bonchev–Trinajstić information content (AvgIpc) is 3.20. The molecule has 318 valence electrons. The van der Waals surface area contributed by atoms with Crippen LogP contribution in [0.5, 0.6) is 0 Å². The Morgan fingerprint density at radius 2 is 0.519 bits per heavy atom. The topological polar surface area (TPSA) is 80.9 Å². The van der Waals surface area contributed by atoms with Crippen LogP contribution in [0.25, 0.3) is 0 Å². The van der Waals surface area contributed by atoms with E-state index in [1.165, 1.54) is 180 Å². The molecule has 0 bridgehead atoms. The Kier molecular flexibility index (Phi) is 34.4. The number of benzene rings is 1. The van der Waals surface area contributed by atoms with Crippen molar-refractivity contribution < 1.29 is 20.4 Å². The fourth-order valence-electron chi connectivity index (χ4n) is 8.62. The lowest BCUT2D eigenvalue weighted by Gasteiger charge is -2.34. The Labute approximate surface area is 337 Å². The Morgan fingerprint density at radius 3 is 0.722 bits per heavy atom. The van der Waals surface area contributed by atoms with Gasteiger partial charge in [-0.2, -0.15) is 0 Å². The molecule has 0 fully saturated rings. The van der Waals surface area contributed by atoms with E-state index in [2.05, 4.69) is 26.0 Å². The molecule has 1 rings (SSSR count). The minimum Gasteiger partial charge on any atom is -0.396 e. The van der Waals surface area contributed by atoms with Gasteiger partial charge in [0.15, 0.2) is 0 Å². The Hall–Kier alpha value is -0.940. The molecule has 0 atom stereocenters. The molecule has 1 aromatic rings. The molecule has 0 heterocycles. The van der Waals surface area contributed by atoms with Gasteiger partial charge in [0.1, 0.15) is 0 Å². The van der Waals surface area contributed by atoms with Gasteiger partial charge in [-0.25, -0.2) is 0 Å². The lowest BCUT2D eigenvalue weighted by molar-refractivity contribution is 0.0403. The van der Waals surface area contributed by atoms with Crippen LogP contribution in [0.4, 0.5) is 0 Å². The number of rotatable bonds is 42. The Morgan fingerprint density at radius 1 is 0.315 bits per heavy atom. The lowest BCUT2D eigenvalue weighted by Crippen LogP contribution is -2.35. The van der Waals surface area contributed by atoms with Crippen molar-refractivity contribution in [3.63, 3.8) is 0 Å². The van der Waals surface area contributed by atoms with Gasteiger partial charge in [0.2, 0.25) is 0 Å². The van der Waals surface area contributed by atoms with E-state index in [4.69, 9.17) is 0 Å². The number of aliphatic hydroxyl groups excluding tert-OH is 4. The molecule has 0 saturated heterocycles. The molecule has 4 N–H and O–H groups in total. The summed E-state index contributed by atoms with van der Waals surface area (Å²) in [6.45, 7) is 4.46. The first kappa shape index (κ1) is 51.1. The molecular weight excluding hydrogens is 665 g/mol. The van der Waals surface area contributed by atoms with Crippen LogP contribution in [0.1, 0.15) is 243 Å². The van der Waals surface area contributed by atoms with Crippen molar-refractivity contribution in [1.82, 2.24) is 0 Å². The van der Waals surface area contributed by atoms with E-state index < -0.39 is 10.8 Å². The molecule has 4 heteroatoms. The van der Waals surface area contributed by atoms with Crippen LogP contribution in [0.15, 0.2) is 24.3 Å². The molecule has 0 radical (unpaired) electrons. The van der Waals surface area contributed by atoms with E-state index in [-0.39, 0.29) is 26.4 Å². The molecule has 1 aromatic carbocycles. The van der Waals surface area contributed by atoms with Crippen molar-refractivity contribution >= 4 is 0 Å². The molecule has 0 aromatic heterocycles. The van der Waals surface area contributed by atoms with Crippen LogP contribution >= 0.6 is 0 Å². The fraction of sp³-hybridized carbons (Fsp3) is 0.880. The Balaban J connectivity index is 2.34. The molecule has 4 nitrogen and oxygen atoms in total. The van der Waals surface area contributed by atoms with Crippen molar-refractivity contribution in [3.05, 3.63) is 35.4 Å². The van der Waals surface area contributed by atoms with Gasteiger partial charge in [-0.05, 0) is 36.8 Å². The molecule has 0 saturated carbocycles. The minimum absolute atomic E-state index is 0.0269. The second-order valence-electron chi connectivity index (χ2n) is 17.9. The van der Waals surface area contributed by atoms with Gasteiger partial charge in [0.25, 0.3) is 0 Å². The van der Waals surface area contributed by atoms with Crippen LogP contribution < -0.4 is 0 Å². The third kappa shape index (κ3) is 26.1. The van der Waals surface area contributed by atoms with Crippen molar-refractivity contribution in [3.8, 4) is 0 Å². The standard InChI is InChI=1S/C50H94O4/c1-3-5-7-9-11-13-15-17-19-21-23-25-27-29-31-35-39-49(43-51,44-52)41-47-37-33-34-38-48(47)42-50(45-53,46-54)40-36-32-30-28-26-24-22-20-18-16-14-12-10-8-6-4-2/h33-34,37-38,51-54H,3-32,35-36,39-46H2,1-2H3. The second-order valence-corrected chi connectivity index (χ2v) is 17.9. The van der Waals surface area contributed by atoms with Crippen LogP contribution in [0, 0.1) is 10.8 Å². The predicted molar refractivity (Wildman–Crippen MR) is 235 cm³/mol. The van der Waals surface area contributed by atoms with Gasteiger partial charge in [-0.1, -0.05) is 244 Å². The monoisotopic (exact) mass is 759 g/mol. The highest BCUT2D eigenvalue weighted by molar-refractivity contribution is 5.30. The largest absolute Gasteiger partial charge is 0.396 e. The van der Waals surface area contributed by atoms with Crippen molar-refractivity contribution in [2.24, 2.45) is 10.8 Å². The SMILES string of the molecule is CCCCCCCCCCCCCCCCCCC(CO)(CO)Cc1ccccc1CC(CO)(CO)CCCCCCCCCCCCCCCCCC. The van der Waals surface area contributed by atoms with Crippen LogP contribution in [-0.2, 0) is 12.8 Å². The van der Waals surface area contributed by atoms with Gasteiger partial charge in [-0.15, -0.1) is 0 Å².